The predicted molar refractivity (Wildman–Crippen MR) is 105 cm³/mol. The SMILES string of the molecule is Cc1ccc(OC(=O)NC23CC(NC(=O)COc4ccc(Cl)c(F)c4)(C2)C3)cc1. The predicted octanol–water partition coefficient (Wildman–Crippen LogP) is 3.75. The zero-order valence-corrected chi connectivity index (χ0v) is 16.5. The molecule has 3 aliphatic carbocycles. The summed E-state index contributed by atoms with van der Waals surface area (Å²) in [6.07, 6.45) is 1.43. The molecular weight excluding hydrogens is 399 g/mol. The van der Waals surface area contributed by atoms with Gasteiger partial charge < -0.3 is 20.1 Å². The van der Waals surface area contributed by atoms with Crippen LogP contribution in [0.4, 0.5) is 9.18 Å². The van der Waals surface area contributed by atoms with Gasteiger partial charge in [-0.1, -0.05) is 29.3 Å². The first-order chi connectivity index (χ1) is 13.8. The lowest BCUT2D eigenvalue weighted by Crippen LogP contribution is -2.84. The molecular formula is C21H20ClFN2O4. The molecule has 6 nitrogen and oxygen atoms in total. The standard InChI is InChI=1S/C21H20ClFN2O4/c1-13-2-4-14(5-3-13)29-19(27)25-21-10-20(11-21,12-21)24-18(26)9-28-15-6-7-16(22)17(23)8-15/h2-8H,9-12H2,1H3,(H,24,26)(H,25,27). The quantitative estimate of drug-likeness (QED) is 0.749. The maximum absolute atomic E-state index is 13.4. The maximum atomic E-state index is 13.4. The zero-order chi connectivity index (χ0) is 20.6. The lowest BCUT2D eigenvalue weighted by molar-refractivity contribution is -0.141. The lowest BCUT2D eigenvalue weighted by Gasteiger charge is -2.70. The first-order valence-electron chi connectivity index (χ1n) is 9.22. The fraction of sp³-hybridized carbons (Fsp3) is 0.333. The van der Waals surface area contributed by atoms with E-state index in [9.17, 15) is 14.0 Å². The van der Waals surface area contributed by atoms with E-state index in [1.165, 1.54) is 12.1 Å². The number of hydrogen-bond acceptors (Lipinski definition) is 4. The Morgan fingerprint density at radius 2 is 1.66 bits per heavy atom. The highest BCUT2D eigenvalue weighted by Gasteiger charge is 2.69. The molecule has 8 heteroatoms. The van der Waals surface area contributed by atoms with Crippen LogP contribution in [0.25, 0.3) is 0 Å². The molecule has 2 bridgehead atoms. The summed E-state index contributed by atoms with van der Waals surface area (Å²) in [4.78, 5) is 24.2. The summed E-state index contributed by atoms with van der Waals surface area (Å²) in [5, 5.41) is 5.82. The number of amides is 2. The van der Waals surface area contributed by atoms with Crippen LogP contribution >= 0.6 is 11.6 Å². The summed E-state index contributed by atoms with van der Waals surface area (Å²) < 4.78 is 24.0. The second-order valence-electron chi connectivity index (χ2n) is 7.83. The van der Waals surface area contributed by atoms with Gasteiger partial charge in [0.05, 0.1) is 10.6 Å². The van der Waals surface area contributed by atoms with Crippen molar-refractivity contribution in [2.75, 3.05) is 6.61 Å². The zero-order valence-electron chi connectivity index (χ0n) is 15.8. The highest BCUT2D eigenvalue weighted by atomic mass is 35.5. The van der Waals surface area contributed by atoms with E-state index in [0.29, 0.717) is 25.0 Å². The van der Waals surface area contributed by atoms with Crippen molar-refractivity contribution in [3.8, 4) is 11.5 Å². The molecule has 3 saturated carbocycles. The van der Waals surface area contributed by atoms with Gasteiger partial charge in [0.2, 0.25) is 0 Å². The van der Waals surface area contributed by atoms with Gasteiger partial charge in [-0.15, -0.1) is 0 Å². The maximum Gasteiger partial charge on any atom is 0.413 e. The van der Waals surface area contributed by atoms with Crippen LogP contribution in [0.15, 0.2) is 42.5 Å². The number of halogens is 2. The topological polar surface area (TPSA) is 76.7 Å². The Morgan fingerprint density at radius 3 is 2.31 bits per heavy atom. The first-order valence-corrected chi connectivity index (χ1v) is 9.60. The molecule has 2 amide bonds. The smallest absolute Gasteiger partial charge is 0.413 e. The second kappa shape index (κ2) is 7.22. The average Bonchev–Trinajstić information content (AvgIpc) is 2.62. The minimum Gasteiger partial charge on any atom is -0.484 e. The Morgan fingerprint density at radius 1 is 1.03 bits per heavy atom. The van der Waals surface area contributed by atoms with Crippen LogP contribution in [0.3, 0.4) is 0 Å². The molecule has 29 heavy (non-hydrogen) atoms. The average molecular weight is 419 g/mol. The van der Waals surface area contributed by atoms with E-state index in [1.54, 1.807) is 12.1 Å². The molecule has 5 rings (SSSR count). The molecule has 0 aliphatic heterocycles. The summed E-state index contributed by atoms with van der Waals surface area (Å²) in [5.74, 6) is -0.180. The number of benzene rings is 2. The first kappa shape index (κ1) is 19.5. The number of nitrogens with one attached hydrogen (secondary N) is 2. The summed E-state index contributed by atoms with van der Waals surface area (Å²) in [6.45, 7) is 1.73. The molecule has 2 N–H and O–H groups in total. The molecule has 2 aromatic carbocycles. The van der Waals surface area contributed by atoms with E-state index < -0.39 is 11.9 Å². The Labute approximate surface area is 172 Å². The molecule has 3 aliphatic rings. The van der Waals surface area contributed by atoms with Crippen molar-refractivity contribution in [2.45, 2.75) is 37.3 Å². The van der Waals surface area contributed by atoms with Crippen molar-refractivity contribution in [1.82, 2.24) is 10.6 Å². The van der Waals surface area contributed by atoms with Gasteiger partial charge in [-0.2, -0.15) is 0 Å². The second-order valence-corrected chi connectivity index (χ2v) is 8.24. The number of carbonyl (C=O) groups is 2. The van der Waals surface area contributed by atoms with E-state index >= 15 is 0 Å². The number of ether oxygens (including phenoxy) is 2. The van der Waals surface area contributed by atoms with Crippen LogP contribution in [-0.4, -0.2) is 29.7 Å². The van der Waals surface area contributed by atoms with Crippen molar-refractivity contribution in [2.24, 2.45) is 0 Å². The minimum atomic E-state index is -0.602. The molecule has 0 atom stereocenters. The van der Waals surface area contributed by atoms with Gasteiger partial charge in [0, 0.05) is 11.6 Å². The third-order valence-corrected chi connectivity index (χ3v) is 5.60. The summed E-state index contributed by atoms with van der Waals surface area (Å²) in [7, 11) is 0. The van der Waals surface area contributed by atoms with E-state index in [2.05, 4.69) is 10.6 Å². The van der Waals surface area contributed by atoms with Crippen LogP contribution in [-0.2, 0) is 4.79 Å². The van der Waals surface area contributed by atoms with Crippen molar-refractivity contribution >= 4 is 23.6 Å². The van der Waals surface area contributed by atoms with E-state index in [0.717, 1.165) is 11.6 Å². The summed E-state index contributed by atoms with van der Waals surface area (Å²) in [6, 6.07) is 11.2. The number of rotatable bonds is 6. The van der Waals surface area contributed by atoms with Gasteiger partial charge >= 0.3 is 6.09 Å². The monoisotopic (exact) mass is 418 g/mol. The normalized spacial score (nSPS) is 24.0. The third kappa shape index (κ3) is 4.15. The highest BCUT2D eigenvalue weighted by molar-refractivity contribution is 6.30. The Bertz CT molecular complexity index is 944. The number of carbonyl (C=O) groups excluding carboxylic acids is 2. The van der Waals surface area contributed by atoms with Crippen LogP contribution in [0, 0.1) is 12.7 Å². The molecule has 0 radical (unpaired) electrons. The van der Waals surface area contributed by atoms with Crippen LogP contribution < -0.4 is 20.1 Å². The van der Waals surface area contributed by atoms with Gasteiger partial charge in [-0.25, -0.2) is 9.18 Å². The van der Waals surface area contributed by atoms with E-state index in [4.69, 9.17) is 21.1 Å². The van der Waals surface area contributed by atoms with Gasteiger partial charge in [0.15, 0.2) is 6.61 Å². The van der Waals surface area contributed by atoms with Gasteiger partial charge in [-0.05, 0) is 50.5 Å². The van der Waals surface area contributed by atoms with Crippen LogP contribution in [0.2, 0.25) is 5.02 Å². The molecule has 0 aromatic heterocycles. The number of hydrogen-bond donors (Lipinski definition) is 2. The summed E-state index contributed by atoms with van der Waals surface area (Å²) in [5.41, 5.74) is 0.443. The Kier molecular flexibility index (Phi) is 4.86. The number of aryl methyl sites for hydroxylation is 1. The van der Waals surface area contributed by atoms with E-state index in [1.807, 2.05) is 19.1 Å². The van der Waals surface area contributed by atoms with E-state index in [-0.39, 0.29) is 34.4 Å². The largest absolute Gasteiger partial charge is 0.484 e. The Hall–Kier alpha value is -2.80. The molecule has 2 aromatic rings. The molecule has 152 valence electrons. The van der Waals surface area contributed by atoms with Crippen LogP contribution in [0.5, 0.6) is 11.5 Å². The fourth-order valence-electron chi connectivity index (χ4n) is 4.06. The summed E-state index contributed by atoms with van der Waals surface area (Å²) >= 11 is 5.61. The Balaban J connectivity index is 1.20. The van der Waals surface area contributed by atoms with Crippen LogP contribution in [0.1, 0.15) is 24.8 Å². The molecule has 3 fully saturated rings. The van der Waals surface area contributed by atoms with Gasteiger partial charge in [0.1, 0.15) is 17.3 Å². The third-order valence-electron chi connectivity index (χ3n) is 5.29. The van der Waals surface area contributed by atoms with Crippen molar-refractivity contribution in [3.63, 3.8) is 0 Å². The van der Waals surface area contributed by atoms with Crippen molar-refractivity contribution < 1.29 is 23.5 Å². The molecule has 0 saturated heterocycles. The van der Waals surface area contributed by atoms with Crippen molar-refractivity contribution in [1.29, 1.82) is 0 Å². The lowest BCUT2D eigenvalue weighted by atomic mass is 9.44. The molecule has 0 spiro atoms. The highest BCUT2D eigenvalue weighted by Crippen LogP contribution is 2.60. The molecule has 0 unspecified atom stereocenters. The molecule has 0 heterocycles. The van der Waals surface area contributed by atoms with Gasteiger partial charge in [0.25, 0.3) is 5.91 Å². The van der Waals surface area contributed by atoms with Gasteiger partial charge in [-0.3, -0.25) is 4.79 Å². The van der Waals surface area contributed by atoms with Crippen molar-refractivity contribution in [3.05, 3.63) is 58.9 Å². The minimum absolute atomic E-state index is 0.00521. The fourth-order valence-corrected chi connectivity index (χ4v) is 4.17.